The van der Waals surface area contributed by atoms with Crippen molar-refractivity contribution in [2.45, 2.75) is 20.4 Å². The van der Waals surface area contributed by atoms with Crippen molar-refractivity contribution in [3.05, 3.63) is 81.9 Å². The second-order valence-corrected chi connectivity index (χ2v) is 7.09. The number of carbonyl (C=O) groups excluding carboxylic acids is 2. The fourth-order valence-corrected chi connectivity index (χ4v) is 3.26. The zero-order chi connectivity index (χ0) is 21.8. The number of halogens is 2. The molecule has 0 saturated carbocycles. The van der Waals surface area contributed by atoms with Gasteiger partial charge in [-0.3, -0.25) is 4.79 Å². The van der Waals surface area contributed by atoms with E-state index in [0.29, 0.717) is 22.5 Å². The highest BCUT2D eigenvalue weighted by Gasteiger charge is 2.18. The van der Waals surface area contributed by atoms with Crippen LogP contribution in [0.5, 0.6) is 0 Å². The summed E-state index contributed by atoms with van der Waals surface area (Å²) < 4.78 is 20.6. The van der Waals surface area contributed by atoms with Crippen LogP contribution in [0.15, 0.2) is 48.7 Å². The van der Waals surface area contributed by atoms with Crippen LogP contribution >= 0.6 is 11.6 Å². The van der Waals surface area contributed by atoms with Gasteiger partial charge in [0.2, 0.25) is 0 Å². The molecule has 1 heterocycles. The number of aromatic nitrogens is 2. The zero-order valence-electron chi connectivity index (χ0n) is 16.9. The largest absolute Gasteiger partial charge is 0.462 e. The molecule has 0 fully saturated rings. The normalized spacial score (nSPS) is 10.7. The molecule has 0 aliphatic rings. The number of rotatable bonds is 6. The summed E-state index contributed by atoms with van der Waals surface area (Å²) in [6, 6.07) is 11.2. The highest BCUT2D eigenvalue weighted by Crippen LogP contribution is 2.22. The number of hydrogen-bond acceptors (Lipinski definition) is 4. The number of amides is 1. The molecule has 156 valence electrons. The van der Waals surface area contributed by atoms with Crippen LogP contribution in [0, 0.1) is 12.7 Å². The van der Waals surface area contributed by atoms with Crippen LogP contribution in [-0.2, 0) is 11.3 Å². The van der Waals surface area contributed by atoms with Crippen LogP contribution in [0.2, 0.25) is 5.02 Å². The molecule has 0 atom stereocenters. The minimum Gasteiger partial charge on any atom is -0.462 e. The Morgan fingerprint density at radius 3 is 2.53 bits per heavy atom. The molecule has 2 aromatic carbocycles. The lowest BCUT2D eigenvalue weighted by atomic mass is 10.1. The van der Waals surface area contributed by atoms with Gasteiger partial charge in [-0.05, 0) is 50.2 Å². The highest BCUT2D eigenvalue weighted by atomic mass is 35.5. The average Bonchev–Trinajstić information content (AvgIpc) is 3.12. The summed E-state index contributed by atoms with van der Waals surface area (Å²) in [6.07, 6.45) is 1.46. The molecule has 3 aromatic rings. The van der Waals surface area contributed by atoms with E-state index in [1.165, 1.54) is 23.2 Å². The standard InChI is InChI=1S/C22H21ClFN3O3/c1-4-30-22(29)17-12-25-27(14(17)2)16-10-8-15(9-11-16)21(28)26(3)13-18-19(23)6-5-7-20(18)24/h5-12H,4,13H2,1-3H3. The first-order valence-corrected chi connectivity index (χ1v) is 9.71. The fourth-order valence-electron chi connectivity index (χ4n) is 3.04. The second-order valence-electron chi connectivity index (χ2n) is 6.68. The number of hydrogen-bond donors (Lipinski definition) is 0. The molecule has 30 heavy (non-hydrogen) atoms. The first-order chi connectivity index (χ1) is 14.3. The molecule has 1 aromatic heterocycles. The molecule has 0 radical (unpaired) electrons. The van der Waals surface area contributed by atoms with Gasteiger partial charge in [-0.15, -0.1) is 0 Å². The van der Waals surface area contributed by atoms with E-state index in [1.807, 2.05) is 0 Å². The van der Waals surface area contributed by atoms with E-state index in [9.17, 15) is 14.0 Å². The molecule has 3 rings (SSSR count). The summed E-state index contributed by atoms with van der Waals surface area (Å²) in [6.45, 7) is 3.84. The molecule has 0 aliphatic heterocycles. The molecule has 0 spiro atoms. The van der Waals surface area contributed by atoms with Crippen LogP contribution < -0.4 is 0 Å². The summed E-state index contributed by atoms with van der Waals surface area (Å²) in [5.74, 6) is -1.16. The molecule has 0 bridgehead atoms. The molecule has 6 nitrogen and oxygen atoms in total. The zero-order valence-corrected chi connectivity index (χ0v) is 17.6. The Morgan fingerprint density at radius 1 is 1.20 bits per heavy atom. The summed E-state index contributed by atoms with van der Waals surface area (Å²) in [4.78, 5) is 26.1. The number of benzene rings is 2. The van der Waals surface area contributed by atoms with Crippen molar-refractivity contribution in [2.75, 3.05) is 13.7 Å². The lowest BCUT2D eigenvalue weighted by molar-refractivity contribution is 0.0525. The quantitative estimate of drug-likeness (QED) is 0.544. The fraction of sp³-hybridized carbons (Fsp3) is 0.227. The lowest BCUT2D eigenvalue weighted by Crippen LogP contribution is -2.26. The topological polar surface area (TPSA) is 64.4 Å². The van der Waals surface area contributed by atoms with E-state index in [1.54, 1.807) is 55.9 Å². The van der Waals surface area contributed by atoms with Crippen molar-refractivity contribution in [3.63, 3.8) is 0 Å². The molecular weight excluding hydrogens is 409 g/mol. The minimum absolute atomic E-state index is 0.0489. The molecule has 0 aliphatic carbocycles. The van der Waals surface area contributed by atoms with Gasteiger partial charge >= 0.3 is 5.97 Å². The number of carbonyl (C=O) groups is 2. The van der Waals surface area contributed by atoms with Crippen LogP contribution in [0.25, 0.3) is 5.69 Å². The van der Waals surface area contributed by atoms with E-state index >= 15 is 0 Å². The SMILES string of the molecule is CCOC(=O)c1cnn(-c2ccc(C(=O)N(C)Cc3c(F)cccc3Cl)cc2)c1C. The van der Waals surface area contributed by atoms with E-state index in [2.05, 4.69) is 5.10 Å². The third-order valence-electron chi connectivity index (χ3n) is 4.67. The van der Waals surface area contributed by atoms with Crippen LogP contribution in [0.3, 0.4) is 0 Å². The lowest BCUT2D eigenvalue weighted by Gasteiger charge is -2.18. The van der Waals surface area contributed by atoms with Crippen LogP contribution in [0.4, 0.5) is 4.39 Å². The van der Waals surface area contributed by atoms with Crippen molar-refractivity contribution in [2.24, 2.45) is 0 Å². The summed E-state index contributed by atoms with van der Waals surface area (Å²) in [5.41, 5.74) is 2.42. The number of esters is 1. The first kappa shape index (κ1) is 21.5. The van der Waals surface area contributed by atoms with Gasteiger partial charge in [-0.1, -0.05) is 17.7 Å². The Bertz CT molecular complexity index is 1060. The van der Waals surface area contributed by atoms with E-state index in [4.69, 9.17) is 16.3 Å². The van der Waals surface area contributed by atoms with Gasteiger partial charge in [-0.25, -0.2) is 13.9 Å². The van der Waals surface area contributed by atoms with Gasteiger partial charge in [0.05, 0.1) is 24.2 Å². The maximum Gasteiger partial charge on any atom is 0.341 e. The van der Waals surface area contributed by atoms with E-state index in [0.717, 1.165) is 0 Å². The third-order valence-corrected chi connectivity index (χ3v) is 5.02. The van der Waals surface area contributed by atoms with Gasteiger partial charge in [-0.2, -0.15) is 5.10 Å². The van der Waals surface area contributed by atoms with Crippen molar-refractivity contribution in [1.29, 1.82) is 0 Å². The Labute approximate surface area is 178 Å². The van der Waals surface area contributed by atoms with Gasteiger partial charge < -0.3 is 9.64 Å². The summed E-state index contributed by atoms with van der Waals surface area (Å²) in [7, 11) is 1.59. The number of nitrogens with zero attached hydrogens (tertiary/aromatic N) is 3. The molecule has 0 N–H and O–H groups in total. The van der Waals surface area contributed by atoms with Crippen LogP contribution in [0.1, 0.15) is 38.9 Å². The smallest absolute Gasteiger partial charge is 0.341 e. The van der Waals surface area contributed by atoms with Gasteiger partial charge in [0.1, 0.15) is 11.4 Å². The first-order valence-electron chi connectivity index (χ1n) is 9.34. The van der Waals surface area contributed by atoms with Gasteiger partial charge in [0.25, 0.3) is 5.91 Å². The third kappa shape index (κ3) is 4.36. The van der Waals surface area contributed by atoms with Gasteiger partial charge in [0.15, 0.2) is 0 Å². The summed E-state index contributed by atoms with van der Waals surface area (Å²) >= 11 is 6.05. The Hall–Kier alpha value is -3.19. The maximum atomic E-state index is 14.0. The van der Waals surface area contributed by atoms with E-state index in [-0.39, 0.29) is 29.6 Å². The predicted octanol–water partition coefficient (Wildman–Crippen LogP) is 4.42. The van der Waals surface area contributed by atoms with Gasteiger partial charge in [0, 0.05) is 29.7 Å². The van der Waals surface area contributed by atoms with E-state index < -0.39 is 11.8 Å². The van der Waals surface area contributed by atoms with Crippen molar-refractivity contribution in [3.8, 4) is 5.69 Å². The van der Waals surface area contributed by atoms with Crippen molar-refractivity contribution in [1.82, 2.24) is 14.7 Å². The van der Waals surface area contributed by atoms with Crippen molar-refractivity contribution < 1.29 is 18.7 Å². The molecule has 0 unspecified atom stereocenters. The van der Waals surface area contributed by atoms with Crippen LogP contribution in [-0.4, -0.2) is 40.2 Å². The molecule has 0 saturated heterocycles. The Kier molecular flexibility index (Phi) is 6.52. The molecular formula is C22H21ClFN3O3. The minimum atomic E-state index is -0.455. The molecule has 1 amide bonds. The average molecular weight is 430 g/mol. The maximum absolute atomic E-state index is 14.0. The number of ether oxygens (including phenoxy) is 1. The highest BCUT2D eigenvalue weighted by molar-refractivity contribution is 6.31. The Morgan fingerprint density at radius 2 is 1.90 bits per heavy atom. The molecule has 8 heteroatoms. The summed E-state index contributed by atoms with van der Waals surface area (Å²) in [5, 5.41) is 4.51. The van der Waals surface area contributed by atoms with Crippen molar-refractivity contribution >= 4 is 23.5 Å². The monoisotopic (exact) mass is 429 g/mol. The second kappa shape index (κ2) is 9.09. The predicted molar refractivity (Wildman–Crippen MR) is 111 cm³/mol. The Balaban J connectivity index is 1.77.